The van der Waals surface area contributed by atoms with Crippen LogP contribution in [0.5, 0.6) is 0 Å². The molecule has 1 N–H and O–H groups in total. The van der Waals surface area contributed by atoms with Crippen LogP contribution in [-0.2, 0) is 4.79 Å². The number of anilines is 1. The highest BCUT2D eigenvalue weighted by molar-refractivity contribution is 6.02. The molecular formula is C15H11N3O. The molecule has 1 aromatic heterocycles. The number of aromatic nitrogens is 1. The molecule has 1 atom stereocenters. The van der Waals surface area contributed by atoms with Gasteiger partial charge in [-0.15, -0.1) is 0 Å². The smallest absolute Gasteiger partial charge is 0.233 e. The van der Waals surface area contributed by atoms with Gasteiger partial charge in [-0.2, -0.15) is 5.26 Å². The predicted molar refractivity (Wildman–Crippen MR) is 71.4 cm³/mol. The Labute approximate surface area is 110 Å². The van der Waals surface area contributed by atoms with Gasteiger partial charge in [0.15, 0.2) is 0 Å². The molecular weight excluding hydrogens is 238 g/mol. The van der Waals surface area contributed by atoms with E-state index in [1.807, 2.05) is 25.1 Å². The van der Waals surface area contributed by atoms with Crippen molar-refractivity contribution in [1.82, 2.24) is 4.98 Å². The molecule has 2 heterocycles. The molecule has 1 aromatic carbocycles. The molecule has 0 spiro atoms. The second kappa shape index (κ2) is 4.21. The van der Waals surface area contributed by atoms with Crippen molar-refractivity contribution < 1.29 is 4.79 Å². The van der Waals surface area contributed by atoms with Gasteiger partial charge in [-0.3, -0.25) is 9.78 Å². The van der Waals surface area contributed by atoms with Gasteiger partial charge in [0.05, 0.1) is 23.2 Å². The molecule has 4 nitrogen and oxygen atoms in total. The first-order valence-electron chi connectivity index (χ1n) is 6.01. The van der Waals surface area contributed by atoms with Crippen LogP contribution in [0.4, 0.5) is 5.69 Å². The Bertz CT molecular complexity index is 716. The SMILES string of the molecule is CC1C(=O)Nc2cc(C#N)ccc2-c2cccnc21. The number of fused-ring (bicyclic) bond motifs is 3. The van der Waals surface area contributed by atoms with E-state index >= 15 is 0 Å². The highest BCUT2D eigenvalue weighted by Crippen LogP contribution is 2.37. The third kappa shape index (κ3) is 1.76. The molecule has 1 aliphatic heterocycles. The van der Waals surface area contributed by atoms with Crippen LogP contribution in [0.25, 0.3) is 11.1 Å². The molecule has 1 aliphatic rings. The summed E-state index contributed by atoms with van der Waals surface area (Å²) in [4.78, 5) is 16.4. The molecule has 3 rings (SSSR count). The fourth-order valence-electron chi connectivity index (χ4n) is 2.31. The van der Waals surface area contributed by atoms with Gasteiger partial charge in [-0.25, -0.2) is 0 Å². The van der Waals surface area contributed by atoms with Crippen LogP contribution in [0.1, 0.15) is 24.1 Å². The van der Waals surface area contributed by atoms with Crippen molar-refractivity contribution in [3.05, 3.63) is 47.8 Å². The normalized spacial score (nSPS) is 16.6. The number of nitrogens with zero attached hydrogens (tertiary/aromatic N) is 2. The van der Waals surface area contributed by atoms with Gasteiger partial charge < -0.3 is 5.32 Å². The zero-order valence-electron chi connectivity index (χ0n) is 10.3. The molecule has 0 bridgehead atoms. The van der Waals surface area contributed by atoms with Gasteiger partial charge in [0.25, 0.3) is 0 Å². The molecule has 19 heavy (non-hydrogen) atoms. The summed E-state index contributed by atoms with van der Waals surface area (Å²) in [5.41, 5.74) is 3.80. The molecule has 0 fully saturated rings. The minimum absolute atomic E-state index is 0.103. The van der Waals surface area contributed by atoms with Crippen molar-refractivity contribution in [1.29, 1.82) is 5.26 Å². The van der Waals surface area contributed by atoms with E-state index in [-0.39, 0.29) is 11.8 Å². The fourth-order valence-corrected chi connectivity index (χ4v) is 2.31. The second-order valence-corrected chi connectivity index (χ2v) is 4.52. The summed E-state index contributed by atoms with van der Waals surface area (Å²) in [5.74, 6) is -0.414. The average Bonchev–Trinajstić information content (AvgIpc) is 2.55. The Morgan fingerprint density at radius 1 is 1.32 bits per heavy atom. The maximum atomic E-state index is 12.1. The second-order valence-electron chi connectivity index (χ2n) is 4.52. The minimum atomic E-state index is -0.311. The van der Waals surface area contributed by atoms with E-state index in [9.17, 15) is 4.79 Å². The van der Waals surface area contributed by atoms with Crippen molar-refractivity contribution in [3.63, 3.8) is 0 Å². The summed E-state index contributed by atoms with van der Waals surface area (Å²) >= 11 is 0. The van der Waals surface area contributed by atoms with Crippen LogP contribution in [0.3, 0.4) is 0 Å². The summed E-state index contributed by atoms with van der Waals surface area (Å²) in [7, 11) is 0. The molecule has 0 saturated heterocycles. The lowest BCUT2D eigenvalue weighted by Crippen LogP contribution is -2.17. The van der Waals surface area contributed by atoms with Crippen LogP contribution >= 0.6 is 0 Å². The van der Waals surface area contributed by atoms with Crippen LogP contribution < -0.4 is 5.32 Å². The Morgan fingerprint density at radius 2 is 2.16 bits per heavy atom. The molecule has 1 amide bonds. The Hall–Kier alpha value is -2.67. The van der Waals surface area contributed by atoms with E-state index < -0.39 is 0 Å². The topological polar surface area (TPSA) is 65.8 Å². The lowest BCUT2D eigenvalue weighted by molar-refractivity contribution is -0.117. The highest BCUT2D eigenvalue weighted by atomic mass is 16.1. The summed E-state index contributed by atoms with van der Waals surface area (Å²) in [6.45, 7) is 1.83. The number of benzene rings is 1. The molecule has 0 aliphatic carbocycles. The number of hydrogen-bond donors (Lipinski definition) is 1. The van der Waals surface area contributed by atoms with Crippen molar-refractivity contribution in [3.8, 4) is 17.2 Å². The van der Waals surface area contributed by atoms with Crippen LogP contribution in [-0.4, -0.2) is 10.9 Å². The number of hydrogen-bond acceptors (Lipinski definition) is 3. The number of rotatable bonds is 0. The summed E-state index contributed by atoms with van der Waals surface area (Å²) in [5, 5.41) is 11.8. The molecule has 4 heteroatoms. The predicted octanol–water partition coefficient (Wildman–Crippen LogP) is 2.68. The first kappa shape index (κ1) is 11.4. The third-order valence-electron chi connectivity index (χ3n) is 3.34. The maximum Gasteiger partial charge on any atom is 0.233 e. The Morgan fingerprint density at radius 3 is 2.95 bits per heavy atom. The van der Waals surface area contributed by atoms with Crippen LogP contribution in [0.2, 0.25) is 0 Å². The lowest BCUT2D eigenvalue weighted by atomic mass is 9.97. The molecule has 2 aromatic rings. The number of carbonyl (C=O) groups is 1. The van der Waals surface area contributed by atoms with Crippen molar-refractivity contribution in [2.75, 3.05) is 5.32 Å². The summed E-state index contributed by atoms with van der Waals surface area (Å²) in [6.07, 6.45) is 1.69. The van der Waals surface area contributed by atoms with E-state index in [2.05, 4.69) is 16.4 Å². The number of pyridine rings is 1. The van der Waals surface area contributed by atoms with Gasteiger partial charge in [-0.1, -0.05) is 12.1 Å². The van der Waals surface area contributed by atoms with Gasteiger partial charge in [0, 0.05) is 23.0 Å². The molecule has 0 saturated carbocycles. The standard InChI is InChI=1S/C15H11N3O/c1-9-14-12(3-2-6-17-14)11-5-4-10(8-16)7-13(11)18-15(9)19/h2-7,9H,1H3,(H,18,19). The zero-order valence-corrected chi connectivity index (χ0v) is 10.3. The van der Waals surface area contributed by atoms with Gasteiger partial charge in [0.2, 0.25) is 5.91 Å². The molecule has 92 valence electrons. The van der Waals surface area contributed by atoms with Crippen LogP contribution in [0, 0.1) is 11.3 Å². The first-order chi connectivity index (χ1) is 9.20. The largest absolute Gasteiger partial charge is 0.325 e. The van der Waals surface area contributed by atoms with E-state index in [0.29, 0.717) is 11.3 Å². The minimum Gasteiger partial charge on any atom is -0.325 e. The van der Waals surface area contributed by atoms with Gasteiger partial charge in [0.1, 0.15) is 0 Å². The van der Waals surface area contributed by atoms with E-state index in [4.69, 9.17) is 5.26 Å². The fraction of sp³-hybridized carbons (Fsp3) is 0.133. The van der Waals surface area contributed by atoms with E-state index in [1.54, 1.807) is 18.3 Å². The van der Waals surface area contributed by atoms with Crippen molar-refractivity contribution >= 4 is 11.6 Å². The summed E-state index contributed by atoms with van der Waals surface area (Å²) in [6, 6.07) is 11.2. The van der Waals surface area contributed by atoms with Crippen molar-refractivity contribution in [2.45, 2.75) is 12.8 Å². The number of amides is 1. The average molecular weight is 249 g/mol. The van der Waals surface area contributed by atoms with E-state index in [1.165, 1.54) is 0 Å². The third-order valence-corrected chi connectivity index (χ3v) is 3.34. The van der Waals surface area contributed by atoms with Crippen LogP contribution in [0.15, 0.2) is 36.5 Å². The Balaban J connectivity index is 2.30. The molecule has 0 radical (unpaired) electrons. The maximum absolute atomic E-state index is 12.1. The van der Waals surface area contributed by atoms with E-state index in [0.717, 1.165) is 16.8 Å². The zero-order chi connectivity index (χ0) is 13.4. The molecule has 1 unspecified atom stereocenters. The summed E-state index contributed by atoms with van der Waals surface area (Å²) < 4.78 is 0. The van der Waals surface area contributed by atoms with Gasteiger partial charge in [-0.05, 0) is 25.1 Å². The Kier molecular flexibility index (Phi) is 2.53. The number of carbonyl (C=O) groups excluding carboxylic acids is 1. The number of nitriles is 1. The highest BCUT2D eigenvalue weighted by Gasteiger charge is 2.26. The first-order valence-corrected chi connectivity index (χ1v) is 6.01. The number of nitrogens with one attached hydrogen (secondary N) is 1. The monoisotopic (exact) mass is 249 g/mol. The van der Waals surface area contributed by atoms with Gasteiger partial charge >= 0.3 is 0 Å². The quantitative estimate of drug-likeness (QED) is 0.780. The van der Waals surface area contributed by atoms with Crippen molar-refractivity contribution in [2.24, 2.45) is 0 Å². The lowest BCUT2D eigenvalue weighted by Gasteiger charge is -2.09.